The van der Waals surface area contributed by atoms with Crippen LogP contribution in [-0.2, 0) is 11.2 Å². The molecular weight excluding hydrogens is 326 g/mol. The fourth-order valence-electron chi connectivity index (χ4n) is 2.03. The summed E-state index contributed by atoms with van der Waals surface area (Å²) in [6.07, 6.45) is 1.86. The van der Waals surface area contributed by atoms with Crippen LogP contribution in [0.1, 0.15) is 11.1 Å². The van der Waals surface area contributed by atoms with Gasteiger partial charge in [-0.2, -0.15) is 0 Å². The second-order valence-corrected chi connectivity index (χ2v) is 5.14. The van der Waals surface area contributed by atoms with Crippen molar-refractivity contribution in [3.63, 3.8) is 0 Å². The van der Waals surface area contributed by atoms with Crippen molar-refractivity contribution < 1.29 is 29.6 Å². The molecule has 2 aromatic carbocycles. The fourth-order valence-corrected chi connectivity index (χ4v) is 2.03. The van der Waals surface area contributed by atoms with E-state index in [1.807, 2.05) is 0 Å². The Morgan fingerprint density at radius 3 is 2.48 bits per heavy atom. The van der Waals surface area contributed by atoms with E-state index in [-0.39, 0.29) is 23.2 Å². The predicted octanol–water partition coefficient (Wildman–Crippen LogP) is 2.53. The molecule has 0 bridgehead atoms. The minimum atomic E-state index is -1.54. The van der Waals surface area contributed by atoms with Crippen LogP contribution < -0.4 is 10.1 Å². The molecule has 0 aliphatic rings. The van der Waals surface area contributed by atoms with E-state index >= 15 is 0 Å². The lowest BCUT2D eigenvalue weighted by Gasteiger charge is -2.04. The van der Waals surface area contributed by atoms with E-state index in [2.05, 4.69) is 10.1 Å². The van der Waals surface area contributed by atoms with Crippen LogP contribution in [0.2, 0.25) is 0 Å². The zero-order valence-electron chi connectivity index (χ0n) is 13.2. The van der Waals surface area contributed by atoms with Crippen molar-refractivity contribution in [3.8, 4) is 17.2 Å². The Labute approximate surface area is 143 Å². The molecule has 1 amide bonds. The van der Waals surface area contributed by atoms with E-state index in [4.69, 9.17) is 5.11 Å². The molecule has 0 radical (unpaired) electrons. The lowest BCUT2D eigenvalue weighted by molar-refractivity contribution is -0.116. The minimum absolute atomic E-state index is 0.191. The summed E-state index contributed by atoms with van der Waals surface area (Å²) >= 11 is 0. The molecule has 25 heavy (non-hydrogen) atoms. The van der Waals surface area contributed by atoms with Gasteiger partial charge >= 0.3 is 6.16 Å². The van der Waals surface area contributed by atoms with Crippen molar-refractivity contribution in [1.82, 2.24) is 5.32 Å². The summed E-state index contributed by atoms with van der Waals surface area (Å²) < 4.78 is 4.43. The van der Waals surface area contributed by atoms with Gasteiger partial charge < -0.3 is 25.4 Å². The first-order valence-corrected chi connectivity index (χ1v) is 7.41. The van der Waals surface area contributed by atoms with Crippen LogP contribution in [0, 0.1) is 0 Å². The van der Waals surface area contributed by atoms with Crippen LogP contribution in [0.5, 0.6) is 17.2 Å². The first kappa shape index (κ1) is 17.9. The number of benzene rings is 2. The molecule has 130 valence electrons. The molecule has 0 aliphatic heterocycles. The van der Waals surface area contributed by atoms with Gasteiger partial charge in [-0.3, -0.25) is 4.79 Å². The molecule has 2 rings (SSSR count). The molecule has 0 unspecified atom stereocenters. The molecule has 4 N–H and O–H groups in total. The maximum Gasteiger partial charge on any atom is 0.511 e. The van der Waals surface area contributed by atoms with Crippen LogP contribution in [0.25, 0.3) is 6.08 Å². The van der Waals surface area contributed by atoms with Crippen LogP contribution in [-0.4, -0.2) is 33.9 Å². The maximum absolute atomic E-state index is 11.8. The third kappa shape index (κ3) is 5.91. The number of carbonyl (C=O) groups excluding carboxylic acids is 1. The Kier molecular flexibility index (Phi) is 6.00. The molecule has 2 aromatic rings. The quantitative estimate of drug-likeness (QED) is 0.364. The van der Waals surface area contributed by atoms with Gasteiger partial charge in [0.2, 0.25) is 5.91 Å². The molecule has 0 aromatic heterocycles. The van der Waals surface area contributed by atoms with Gasteiger partial charge in [0.15, 0.2) is 11.5 Å². The highest BCUT2D eigenvalue weighted by atomic mass is 16.7. The predicted molar refractivity (Wildman–Crippen MR) is 90.6 cm³/mol. The van der Waals surface area contributed by atoms with E-state index in [0.717, 1.165) is 5.56 Å². The third-order valence-corrected chi connectivity index (χ3v) is 3.26. The van der Waals surface area contributed by atoms with Crippen molar-refractivity contribution in [2.45, 2.75) is 6.42 Å². The number of hydrogen-bond donors (Lipinski definition) is 4. The summed E-state index contributed by atoms with van der Waals surface area (Å²) in [4.78, 5) is 22.3. The molecule has 0 atom stereocenters. The summed E-state index contributed by atoms with van der Waals surface area (Å²) in [6, 6.07) is 10.8. The Balaban J connectivity index is 1.87. The molecule has 0 heterocycles. The van der Waals surface area contributed by atoms with E-state index in [0.29, 0.717) is 18.5 Å². The minimum Gasteiger partial charge on any atom is -0.508 e. The van der Waals surface area contributed by atoms with Crippen LogP contribution >= 0.6 is 0 Å². The normalized spacial score (nSPS) is 10.6. The number of aromatic hydroxyl groups is 2. The highest BCUT2D eigenvalue weighted by molar-refractivity contribution is 5.91. The van der Waals surface area contributed by atoms with E-state index < -0.39 is 6.16 Å². The number of carbonyl (C=O) groups is 2. The number of phenols is 2. The lowest BCUT2D eigenvalue weighted by Crippen LogP contribution is -2.23. The van der Waals surface area contributed by atoms with Crippen molar-refractivity contribution in [2.75, 3.05) is 6.54 Å². The highest BCUT2D eigenvalue weighted by Crippen LogP contribution is 2.27. The fraction of sp³-hybridized carbons (Fsp3) is 0.111. The number of carboxylic acid groups (broad SMARTS) is 1. The van der Waals surface area contributed by atoms with Gasteiger partial charge in [-0.15, -0.1) is 0 Å². The van der Waals surface area contributed by atoms with Crippen molar-refractivity contribution in [2.24, 2.45) is 0 Å². The SMILES string of the molecule is O=C(/C=C/c1ccc(O)c(OC(=O)O)c1)NCCc1ccc(O)cc1. The van der Waals surface area contributed by atoms with E-state index in [9.17, 15) is 19.8 Å². The summed E-state index contributed by atoms with van der Waals surface area (Å²) in [5.74, 6) is -0.635. The van der Waals surface area contributed by atoms with E-state index in [1.54, 1.807) is 24.3 Å². The molecule has 7 nitrogen and oxygen atoms in total. The van der Waals surface area contributed by atoms with Gasteiger partial charge in [-0.05, 0) is 47.9 Å². The van der Waals surface area contributed by atoms with Gasteiger partial charge in [0, 0.05) is 12.6 Å². The highest BCUT2D eigenvalue weighted by Gasteiger charge is 2.07. The molecule has 0 aliphatic carbocycles. The van der Waals surface area contributed by atoms with Crippen LogP contribution in [0.4, 0.5) is 4.79 Å². The Hall–Kier alpha value is -3.48. The van der Waals surface area contributed by atoms with Gasteiger partial charge in [0.25, 0.3) is 0 Å². The Morgan fingerprint density at radius 2 is 1.80 bits per heavy atom. The Morgan fingerprint density at radius 1 is 1.08 bits per heavy atom. The molecule has 7 heteroatoms. The van der Waals surface area contributed by atoms with Gasteiger partial charge in [-0.1, -0.05) is 18.2 Å². The smallest absolute Gasteiger partial charge is 0.508 e. The van der Waals surface area contributed by atoms with Crippen LogP contribution in [0.3, 0.4) is 0 Å². The van der Waals surface area contributed by atoms with Gasteiger partial charge in [-0.25, -0.2) is 4.79 Å². The van der Waals surface area contributed by atoms with Crippen molar-refractivity contribution >= 4 is 18.1 Å². The molecule has 0 spiro atoms. The number of ether oxygens (including phenoxy) is 1. The largest absolute Gasteiger partial charge is 0.511 e. The summed E-state index contributed by atoms with van der Waals surface area (Å²) in [6.45, 7) is 0.427. The topological polar surface area (TPSA) is 116 Å². The average molecular weight is 343 g/mol. The number of rotatable bonds is 6. The van der Waals surface area contributed by atoms with Crippen molar-refractivity contribution in [3.05, 3.63) is 59.7 Å². The number of nitrogens with one attached hydrogen (secondary N) is 1. The molecule has 0 saturated carbocycles. The molecule has 0 saturated heterocycles. The number of hydrogen-bond acceptors (Lipinski definition) is 5. The second kappa shape index (κ2) is 8.39. The van der Waals surface area contributed by atoms with Crippen molar-refractivity contribution in [1.29, 1.82) is 0 Å². The maximum atomic E-state index is 11.8. The number of amides is 1. The summed E-state index contributed by atoms with van der Waals surface area (Å²) in [7, 11) is 0. The molecular formula is C18H17NO6. The van der Waals surface area contributed by atoms with Crippen LogP contribution in [0.15, 0.2) is 48.5 Å². The number of phenolic OH excluding ortho intramolecular Hbond substituents is 2. The average Bonchev–Trinajstić information content (AvgIpc) is 2.57. The second-order valence-electron chi connectivity index (χ2n) is 5.14. The zero-order chi connectivity index (χ0) is 18.2. The van der Waals surface area contributed by atoms with Gasteiger partial charge in [0.1, 0.15) is 5.75 Å². The lowest BCUT2D eigenvalue weighted by atomic mass is 10.1. The first-order valence-electron chi connectivity index (χ1n) is 7.41. The summed E-state index contributed by atoms with van der Waals surface area (Å²) in [5.41, 5.74) is 1.49. The Bertz CT molecular complexity index is 783. The van der Waals surface area contributed by atoms with Gasteiger partial charge in [0.05, 0.1) is 0 Å². The first-order chi connectivity index (χ1) is 11.9. The van der Waals surface area contributed by atoms with E-state index in [1.165, 1.54) is 30.4 Å². The third-order valence-electron chi connectivity index (χ3n) is 3.26. The standard InChI is InChI=1S/C18H17NO6/c20-14-5-1-12(2-6-14)9-10-19-17(22)8-4-13-3-7-15(21)16(11-13)25-18(23)24/h1-8,11,20-21H,9-10H2,(H,19,22)(H,23,24)/b8-4+. The molecule has 0 fully saturated rings. The summed E-state index contributed by atoms with van der Waals surface area (Å²) in [5, 5.41) is 30.0. The monoisotopic (exact) mass is 343 g/mol. The zero-order valence-corrected chi connectivity index (χ0v) is 13.2.